The van der Waals surface area contributed by atoms with E-state index in [1.54, 1.807) is 32.2 Å². The summed E-state index contributed by atoms with van der Waals surface area (Å²) in [7, 11) is 1.56. The highest BCUT2D eigenvalue weighted by Gasteiger charge is 2.34. The van der Waals surface area contributed by atoms with E-state index in [0.717, 1.165) is 38.0 Å². The number of hydrogen-bond donors (Lipinski definition) is 0. The highest BCUT2D eigenvalue weighted by molar-refractivity contribution is 7.07. The first-order chi connectivity index (χ1) is 20.7. The van der Waals surface area contributed by atoms with E-state index >= 15 is 0 Å². The number of carbonyl (C=O) groups is 1. The van der Waals surface area contributed by atoms with E-state index in [-0.39, 0.29) is 17.9 Å². The van der Waals surface area contributed by atoms with Crippen LogP contribution < -0.4 is 24.5 Å². The molecule has 1 saturated heterocycles. The minimum Gasteiger partial charge on any atom is -0.497 e. The maximum atomic E-state index is 14.2. The van der Waals surface area contributed by atoms with Crippen LogP contribution in [0.15, 0.2) is 63.5 Å². The number of anilines is 1. The Kier molecular flexibility index (Phi) is 9.10. The molecule has 0 unspecified atom stereocenters. The van der Waals surface area contributed by atoms with Crippen LogP contribution in [0, 0.1) is 16.0 Å². The Morgan fingerprint density at radius 1 is 1.19 bits per heavy atom. The lowest BCUT2D eigenvalue weighted by Gasteiger charge is -2.33. The summed E-state index contributed by atoms with van der Waals surface area (Å²) in [4.78, 5) is 46.4. The number of fused-ring (bicyclic) bond motifs is 1. The van der Waals surface area contributed by atoms with Crippen molar-refractivity contribution >= 4 is 34.8 Å². The molecule has 0 radical (unpaired) electrons. The maximum Gasteiger partial charge on any atom is 0.338 e. The molecule has 1 atom stereocenters. The first-order valence-electron chi connectivity index (χ1n) is 14.6. The summed E-state index contributed by atoms with van der Waals surface area (Å²) in [6, 6.07) is 11.3. The smallest absolute Gasteiger partial charge is 0.338 e. The highest BCUT2D eigenvalue weighted by Crippen LogP contribution is 2.34. The third-order valence-corrected chi connectivity index (χ3v) is 8.92. The fourth-order valence-electron chi connectivity index (χ4n) is 5.70. The molecule has 0 spiro atoms. The van der Waals surface area contributed by atoms with Crippen molar-refractivity contribution in [3.63, 3.8) is 0 Å². The molecule has 5 rings (SSSR count). The second-order valence-electron chi connectivity index (χ2n) is 10.9. The summed E-state index contributed by atoms with van der Waals surface area (Å²) < 4.78 is 12.9. The van der Waals surface area contributed by atoms with Gasteiger partial charge in [-0.05, 0) is 61.9 Å². The van der Waals surface area contributed by atoms with Gasteiger partial charge in [0.05, 0.1) is 40.5 Å². The van der Waals surface area contributed by atoms with Gasteiger partial charge in [0.25, 0.3) is 11.2 Å². The Balaban J connectivity index is 1.74. The van der Waals surface area contributed by atoms with Crippen molar-refractivity contribution in [2.45, 2.75) is 52.5 Å². The Bertz CT molecular complexity index is 1750. The number of nitro groups is 1. The van der Waals surface area contributed by atoms with E-state index < -0.39 is 16.9 Å². The van der Waals surface area contributed by atoms with Crippen LogP contribution in [-0.2, 0) is 9.53 Å². The highest BCUT2D eigenvalue weighted by atomic mass is 32.1. The number of carbonyl (C=O) groups excluding carboxylic acids is 1. The molecule has 0 aliphatic carbocycles. The summed E-state index contributed by atoms with van der Waals surface area (Å²) in [5.41, 5.74) is 2.68. The number of esters is 1. The van der Waals surface area contributed by atoms with E-state index in [1.165, 1.54) is 28.0 Å². The molecule has 43 heavy (non-hydrogen) atoms. The van der Waals surface area contributed by atoms with Gasteiger partial charge >= 0.3 is 5.97 Å². The molecule has 2 aromatic carbocycles. The molecular formula is C32H36N4O6S. The topological polar surface area (TPSA) is 116 Å². The summed E-state index contributed by atoms with van der Waals surface area (Å²) in [5.74, 6) is 0.690. The minimum atomic E-state index is -0.776. The second kappa shape index (κ2) is 12.9. The Labute approximate surface area is 253 Å². The summed E-state index contributed by atoms with van der Waals surface area (Å²) in [6.45, 7) is 7.83. The number of nitro benzene ring substituents is 1. The number of methoxy groups -OCH3 is 1. The average Bonchev–Trinajstić information content (AvgIpc) is 3.31. The molecule has 1 aromatic heterocycles. The number of piperidine rings is 1. The first kappa shape index (κ1) is 30.2. The number of nitrogens with zero attached hydrogens (tertiary/aromatic N) is 4. The van der Waals surface area contributed by atoms with E-state index in [0.29, 0.717) is 49.8 Å². The van der Waals surface area contributed by atoms with Gasteiger partial charge in [-0.2, -0.15) is 0 Å². The van der Waals surface area contributed by atoms with Crippen molar-refractivity contribution in [1.29, 1.82) is 0 Å². The molecule has 0 amide bonds. The normalized spacial score (nSPS) is 17.4. The minimum absolute atomic E-state index is 0.0442. The van der Waals surface area contributed by atoms with Gasteiger partial charge < -0.3 is 14.4 Å². The molecule has 3 heterocycles. The maximum absolute atomic E-state index is 14.2. The number of non-ortho nitro benzene ring substituents is 1. The van der Waals surface area contributed by atoms with Gasteiger partial charge in [0.2, 0.25) is 0 Å². The molecule has 0 N–H and O–H groups in total. The van der Waals surface area contributed by atoms with Crippen molar-refractivity contribution in [3.05, 3.63) is 94.7 Å². The number of hydrogen-bond acceptors (Lipinski definition) is 9. The second-order valence-corrected chi connectivity index (χ2v) is 11.9. The average molecular weight is 605 g/mol. The SMILES string of the molecule is CCCC1=C(C(=O)OCC)[C@@H](c2cccc(OC)c2)n2c(s/c(=C/c3cc([N+](=O)[O-])ccc3N3CCC(C)CC3)c2=O)=N1. The monoisotopic (exact) mass is 604 g/mol. The number of aromatic nitrogens is 1. The predicted molar refractivity (Wildman–Crippen MR) is 166 cm³/mol. The van der Waals surface area contributed by atoms with E-state index in [4.69, 9.17) is 14.5 Å². The third kappa shape index (κ3) is 6.13. The molecule has 0 saturated carbocycles. The lowest BCUT2D eigenvalue weighted by molar-refractivity contribution is -0.384. The molecule has 0 bridgehead atoms. The summed E-state index contributed by atoms with van der Waals surface area (Å²) >= 11 is 1.21. The van der Waals surface area contributed by atoms with Gasteiger partial charge in [-0.3, -0.25) is 19.5 Å². The number of ether oxygens (including phenoxy) is 2. The van der Waals surface area contributed by atoms with Gasteiger partial charge in [-0.15, -0.1) is 0 Å². The van der Waals surface area contributed by atoms with Gasteiger partial charge in [0.1, 0.15) is 5.75 Å². The quantitative estimate of drug-likeness (QED) is 0.197. The number of allylic oxidation sites excluding steroid dienone is 1. The number of rotatable bonds is 9. The molecule has 2 aliphatic heterocycles. The molecule has 2 aliphatic rings. The van der Waals surface area contributed by atoms with Crippen LogP contribution in [0.5, 0.6) is 5.75 Å². The van der Waals surface area contributed by atoms with Gasteiger partial charge in [0, 0.05) is 36.5 Å². The van der Waals surface area contributed by atoms with E-state index in [9.17, 15) is 19.7 Å². The zero-order valence-corrected chi connectivity index (χ0v) is 25.7. The lowest BCUT2D eigenvalue weighted by atomic mass is 9.94. The predicted octanol–water partition coefficient (Wildman–Crippen LogP) is 4.73. The fourth-order valence-corrected chi connectivity index (χ4v) is 6.71. The van der Waals surface area contributed by atoms with Gasteiger partial charge in [0.15, 0.2) is 4.80 Å². The number of benzene rings is 2. The molecule has 1 fully saturated rings. The van der Waals surface area contributed by atoms with Gasteiger partial charge in [-0.25, -0.2) is 9.79 Å². The van der Waals surface area contributed by atoms with Crippen LogP contribution in [0.3, 0.4) is 0 Å². The Hall–Kier alpha value is -4.25. The third-order valence-electron chi connectivity index (χ3n) is 7.93. The van der Waals surface area contributed by atoms with Crippen molar-refractivity contribution in [2.75, 3.05) is 31.7 Å². The Morgan fingerprint density at radius 3 is 2.63 bits per heavy atom. The van der Waals surface area contributed by atoms with Crippen molar-refractivity contribution in [1.82, 2.24) is 4.57 Å². The van der Waals surface area contributed by atoms with E-state index in [2.05, 4.69) is 11.8 Å². The Morgan fingerprint density at radius 2 is 1.95 bits per heavy atom. The summed E-state index contributed by atoms with van der Waals surface area (Å²) in [6.07, 6.45) is 5.04. The van der Waals surface area contributed by atoms with Crippen LogP contribution in [0.2, 0.25) is 0 Å². The largest absolute Gasteiger partial charge is 0.497 e. The molecule has 10 nitrogen and oxygen atoms in total. The number of thiazole rings is 1. The molecule has 11 heteroatoms. The molecule has 3 aromatic rings. The van der Waals surface area contributed by atoms with Gasteiger partial charge in [-0.1, -0.05) is 43.7 Å². The van der Waals surface area contributed by atoms with E-state index in [1.807, 2.05) is 25.1 Å². The lowest BCUT2D eigenvalue weighted by Crippen LogP contribution is -2.40. The van der Waals surface area contributed by atoms with Crippen LogP contribution >= 0.6 is 11.3 Å². The fraction of sp³-hybridized carbons (Fsp3) is 0.406. The zero-order valence-electron chi connectivity index (χ0n) is 24.9. The van der Waals surface area contributed by atoms with Crippen LogP contribution in [0.4, 0.5) is 11.4 Å². The standard InChI is InChI=1S/C32H36N4O6S/c1-5-8-25-28(31(38)42-6-2)29(21-9-7-10-24(18-21)41-4)35-30(37)27(43-32(35)33-25)19-22-17-23(36(39)40)11-12-26(22)34-15-13-20(3)14-16-34/h7,9-12,17-20,29H,5-6,8,13-16H2,1-4H3/b27-19+/t29-/m1/s1. The van der Waals surface area contributed by atoms with Crippen molar-refractivity contribution in [2.24, 2.45) is 10.9 Å². The van der Waals surface area contributed by atoms with Crippen molar-refractivity contribution in [3.8, 4) is 5.75 Å². The summed E-state index contributed by atoms with van der Waals surface area (Å²) in [5, 5.41) is 11.7. The van der Waals surface area contributed by atoms with Crippen molar-refractivity contribution < 1.29 is 19.2 Å². The zero-order chi connectivity index (χ0) is 30.7. The molecular weight excluding hydrogens is 568 g/mol. The molecule has 226 valence electrons. The first-order valence-corrected chi connectivity index (χ1v) is 15.5. The van der Waals surface area contributed by atoms with Crippen LogP contribution in [0.1, 0.15) is 63.6 Å². The van der Waals surface area contributed by atoms with Crippen LogP contribution in [-0.4, -0.2) is 42.3 Å². The van der Waals surface area contributed by atoms with Crippen LogP contribution in [0.25, 0.3) is 6.08 Å².